The van der Waals surface area contributed by atoms with Gasteiger partial charge in [0.25, 0.3) is 5.91 Å². The summed E-state index contributed by atoms with van der Waals surface area (Å²) < 4.78 is 43.8. The summed E-state index contributed by atoms with van der Waals surface area (Å²) >= 11 is 0. The number of hydrogen-bond acceptors (Lipinski definition) is 6. The van der Waals surface area contributed by atoms with Gasteiger partial charge in [-0.25, -0.2) is 9.97 Å². The highest BCUT2D eigenvalue weighted by atomic mass is 19.4. The van der Waals surface area contributed by atoms with Crippen LogP contribution < -0.4 is 10.2 Å². The molecule has 1 amide bonds. The quantitative estimate of drug-likeness (QED) is 0.880. The molecule has 0 radical (unpaired) electrons. The number of ether oxygens (including phenoxy) is 1. The molecule has 0 unspecified atom stereocenters. The minimum Gasteiger partial charge on any atom is -0.365 e. The smallest absolute Gasteiger partial charge is 0.365 e. The summed E-state index contributed by atoms with van der Waals surface area (Å²) in [4.78, 5) is 25.2. The Labute approximate surface area is 147 Å². The first-order valence-electron chi connectivity index (χ1n) is 7.87. The molecule has 138 valence electrons. The number of carbonyl (C=O) groups excluding carboxylic acids is 1. The molecule has 0 saturated carbocycles. The van der Waals surface area contributed by atoms with Gasteiger partial charge in [0.2, 0.25) is 5.95 Å². The highest BCUT2D eigenvalue weighted by Gasteiger charge is 2.34. The second kappa shape index (κ2) is 7.65. The van der Waals surface area contributed by atoms with Crippen LogP contribution in [0.3, 0.4) is 0 Å². The van der Waals surface area contributed by atoms with E-state index in [-0.39, 0.29) is 31.6 Å². The molecule has 3 heterocycles. The highest BCUT2D eigenvalue weighted by molar-refractivity contribution is 5.81. The Bertz CT molecular complexity index is 757. The van der Waals surface area contributed by atoms with Crippen molar-refractivity contribution in [2.45, 2.75) is 18.8 Å². The molecule has 1 aliphatic rings. The lowest BCUT2D eigenvalue weighted by Gasteiger charge is -2.32. The van der Waals surface area contributed by atoms with Crippen LogP contribution in [0.5, 0.6) is 0 Å². The second-order valence-electron chi connectivity index (χ2n) is 5.62. The predicted molar refractivity (Wildman–Crippen MR) is 85.1 cm³/mol. The molecule has 2 aromatic heterocycles. The minimum atomic E-state index is -4.55. The molecule has 10 heteroatoms. The van der Waals surface area contributed by atoms with E-state index in [1.54, 1.807) is 18.5 Å². The summed E-state index contributed by atoms with van der Waals surface area (Å²) in [6.07, 6.45) is -1.06. The van der Waals surface area contributed by atoms with E-state index in [4.69, 9.17) is 4.74 Å². The fourth-order valence-corrected chi connectivity index (χ4v) is 2.45. The van der Waals surface area contributed by atoms with E-state index in [0.29, 0.717) is 6.54 Å². The summed E-state index contributed by atoms with van der Waals surface area (Å²) in [5.74, 6) is -0.432. The van der Waals surface area contributed by atoms with Gasteiger partial charge in [-0.1, -0.05) is 6.07 Å². The number of nitrogens with zero attached hydrogens (tertiary/aromatic N) is 4. The van der Waals surface area contributed by atoms with Gasteiger partial charge in [0.1, 0.15) is 5.69 Å². The van der Waals surface area contributed by atoms with Gasteiger partial charge in [0.05, 0.1) is 13.2 Å². The minimum absolute atomic E-state index is 0.0696. The number of morpholine rings is 1. The molecule has 1 saturated heterocycles. The average molecular weight is 367 g/mol. The fourth-order valence-electron chi connectivity index (χ4n) is 2.45. The van der Waals surface area contributed by atoms with Crippen LogP contribution in [-0.2, 0) is 22.3 Å². The Balaban J connectivity index is 1.63. The molecule has 26 heavy (non-hydrogen) atoms. The lowest BCUT2D eigenvalue weighted by Crippen LogP contribution is -2.50. The first kappa shape index (κ1) is 18.1. The van der Waals surface area contributed by atoms with Gasteiger partial charge < -0.3 is 15.0 Å². The van der Waals surface area contributed by atoms with Crippen molar-refractivity contribution in [3.05, 3.63) is 48.0 Å². The zero-order valence-electron chi connectivity index (χ0n) is 13.6. The Morgan fingerprint density at radius 3 is 2.92 bits per heavy atom. The maximum absolute atomic E-state index is 12.8. The van der Waals surface area contributed by atoms with E-state index < -0.39 is 18.0 Å². The van der Waals surface area contributed by atoms with Gasteiger partial charge >= 0.3 is 6.18 Å². The topological polar surface area (TPSA) is 80.2 Å². The lowest BCUT2D eigenvalue weighted by atomic mass is 10.2. The standard InChI is InChI=1S/C16H16F3N5O2/c17-16(18,19)13-3-5-21-15(23-13)24-6-7-26-12(10-24)14(25)22-9-11-2-1-4-20-8-11/h1-5,8,12H,6-7,9-10H2,(H,22,25)/t12-/m0/s1. The van der Waals surface area contributed by atoms with Crippen molar-refractivity contribution in [3.63, 3.8) is 0 Å². The number of amides is 1. The first-order chi connectivity index (χ1) is 12.4. The Kier molecular flexibility index (Phi) is 5.31. The van der Waals surface area contributed by atoms with Crippen molar-refractivity contribution in [1.29, 1.82) is 0 Å². The Morgan fingerprint density at radius 2 is 2.19 bits per heavy atom. The third-order valence-electron chi connectivity index (χ3n) is 3.76. The van der Waals surface area contributed by atoms with E-state index in [9.17, 15) is 18.0 Å². The number of carbonyl (C=O) groups is 1. The van der Waals surface area contributed by atoms with Crippen LogP contribution in [0.15, 0.2) is 36.8 Å². The van der Waals surface area contributed by atoms with Crippen molar-refractivity contribution < 1.29 is 22.7 Å². The number of rotatable bonds is 4. The fraction of sp³-hybridized carbons (Fsp3) is 0.375. The summed E-state index contributed by atoms with van der Waals surface area (Å²) in [6, 6.07) is 4.38. The van der Waals surface area contributed by atoms with Crippen LogP contribution in [-0.4, -0.2) is 46.7 Å². The maximum atomic E-state index is 12.8. The van der Waals surface area contributed by atoms with Crippen molar-refractivity contribution in [2.24, 2.45) is 0 Å². The number of nitrogens with one attached hydrogen (secondary N) is 1. The largest absolute Gasteiger partial charge is 0.433 e. The van der Waals surface area contributed by atoms with Crippen LogP contribution in [0.2, 0.25) is 0 Å². The maximum Gasteiger partial charge on any atom is 0.433 e. The van der Waals surface area contributed by atoms with Gasteiger partial charge in [-0.3, -0.25) is 9.78 Å². The molecule has 0 spiro atoms. The SMILES string of the molecule is O=C(NCc1cccnc1)[C@@H]1CN(c2nccc(C(F)(F)F)n2)CCO1. The number of alkyl halides is 3. The zero-order valence-corrected chi connectivity index (χ0v) is 13.6. The van der Waals surface area contributed by atoms with Gasteiger partial charge in [0, 0.05) is 31.7 Å². The van der Waals surface area contributed by atoms with Gasteiger partial charge in [-0.15, -0.1) is 0 Å². The molecule has 1 fully saturated rings. The average Bonchev–Trinajstić information content (AvgIpc) is 2.66. The number of pyridine rings is 1. The normalized spacial score (nSPS) is 17.8. The molecule has 1 aliphatic heterocycles. The van der Waals surface area contributed by atoms with E-state index in [1.807, 2.05) is 6.07 Å². The number of aromatic nitrogens is 3. The van der Waals surface area contributed by atoms with Gasteiger partial charge in [-0.05, 0) is 17.7 Å². The Hall–Kier alpha value is -2.75. The summed E-state index contributed by atoms with van der Waals surface area (Å²) in [6.45, 7) is 0.838. The van der Waals surface area contributed by atoms with E-state index in [2.05, 4.69) is 20.3 Å². The summed E-state index contributed by atoms with van der Waals surface area (Å²) in [5.41, 5.74) is -0.193. The van der Waals surface area contributed by atoms with Crippen LogP contribution in [0.25, 0.3) is 0 Å². The zero-order chi connectivity index (χ0) is 18.6. The van der Waals surface area contributed by atoms with Crippen molar-refractivity contribution in [1.82, 2.24) is 20.3 Å². The molecule has 1 atom stereocenters. The molecule has 0 aliphatic carbocycles. The molecular weight excluding hydrogens is 351 g/mol. The van der Waals surface area contributed by atoms with Gasteiger partial charge in [-0.2, -0.15) is 13.2 Å². The second-order valence-corrected chi connectivity index (χ2v) is 5.62. The van der Waals surface area contributed by atoms with Crippen molar-refractivity contribution in [3.8, 4) is 0 Å². The van der Waals surface area contributed by atoms with Crippen molar-refractivity contribution in [2.75, 3.05) is 24.6 Å². The van der Waals surface area contributed by atoms with Crippen LogP contribution in [0, 0.1) is 0 Å². The van der Waals surface area contributed by atoms with Crippen LogP contribution in [0.4, 0.5) is 19.1 Å². The molecule has 7 nitrogen and oxygen atoms in total. The molecule has 0 bridgehead atoms. The van der Waals surface area contributed by atoms with Crippen molar-refractivity contribution >= 4 is 11.9 Å². The lowest BCUT2D eigenvalue weighted by molar-refractivity contribution is -0.141. The molecule has 0 aromatic carbocycles. The summed E-state index contributed by atoms with van der Waals surface area (Å²) in [7, 11) is 0. The van der Waals surface area contributed by atoms with Crippen LogP contribution >= 0.6 is 0 Å². The number of hydrogen-bond donors (Lipinski definition) is 1. The number of halogens is 3. The third kappa shape index (κ3) is 4.45. The molecule has 1 N–H and O–H groups in total. The van der Waals surface area contributed by atoms with E-state index in [0.717, 1.165) is 17.8 Å². The number of anilines is 1. The molecule has 3 rings (SSSR count). The van der Waals surface area contributed by atoms with Crippen LogP contribution in [0.1, 0.15) is 11.3 Å². The highest BCUT2D eigenvalue weighted by Crippen LogP contribution is 2.28. The molecule has 2 aromatic rings. The van der Waals surface area contributed by atoms with Gasteiger partial charge in [0.15, 0.2) is 6.10 Å². The first-order valence-corrected chi connectivity index (χ1v) is 7.87. The predicted octanol–water partition coefficient (Wildman–Crippen LogP) is 1.41. The molecular formula is C16H16F3N5O2. The summed E-state index contributed by atoms with van der Waals surface area (Å²) in [5, 5.41) is 2.72. The van der Waals surface area contributed by atoms with E-state index >= 15 is 0 Å². The monoisotopic (exact) mass is 367 g/mol. The van der Waals surface area contributed by atoms with E-state index in [1.165, 1.54) is 4.90 Å². The Morgan fingerprint density at radius 1 is 1.35 bits per heavy atom. The third-order valence-corrected chi connectivity index (χ3v) is 3.76.